The Kier molecular flexibility index (Phi) is 5.54. The zero-order valence-electron chi connectivity index (χ0n) is 14.1. The normalized spacial score (nSPS) is 11.3. The molecular weight excluding hydrogens is 436 g/mol. The van der Waals surface area contributed by atoms with Crippen molar-refractivity contribution in [2.45, 2.75) is 6.18 Å². The van der Waals surface area contributed by atoms with Gasteiger partial charge in [-0.05, 0) is 42.5 Å². The molecule has 1 aromatic heterocycles. The van der Waals surface area contributed by atoms with Crippen LogP contribution in [-0.2, 0) is 6.18 Å². The fourth-order valence-electron chi connectivity index (χ4n) is 2.48. The lowest BCUT2D eigenvalue weighted by Crippen LogP contribution is -2.13. The van der Waals surface area contributed by atoms with Gasteiger partial charge in [0.05, 0.1) is 9.95 Å². The second-order valence-corrected chi connectivity index (χ2v) is 6.57. The molecule has 0 spiro atoms. The summed E-state index contributed by atoms with van der Waals surface area (Å²) >= 11 is 12.0. The van der Waals surface area contributed by atoms with Crippen molar-refractivity contribution < 1.29 is 27.3 Å². The van der Waals surface area contributed by atoms with Crippen LogP contribution in [0.15, 0.2) is 52.9 Å². The third kappa shape index (κ3) is 4.52. The summed E-state index contributed by atoms with van der Waals surface area (Å²) in [5.74, 6) is -0.832. The summed E-state index contributed by atoms with van der Waals surface area (Å²) < 4.78 is 44.6. The van der Waals surface area contributed by atoms with E-state index in [1.165, 1.54) is 24.3 Å². The Hall–Kier alpha value is -3.04. The highest BCUT2D eigenvalue weighted by Crippen LogP contribution is 2.38. The predicted octanol–water partition coefficient (Wildman–Crippen LogP) is 6.43. The van der Waals surface area contributed by atoms with E-state index in [0.29, 0.717) is 27.7 Å². The van der Waals surface area contributed by atoms with Crippen LogP contribution in [0.4, 0.5) is 24.5 Å². The van der Waals surface area contributed by atoms with Crippen molar-refractivity contribution in [2.75, 3.05) is 5.32 Å². The van der Waals surface area contributed by atoms with Gasteiger partial charge in [-0.15, -0.1) is 0 Å². The molecule has 0 fully saturated rings. The minimum Gasteiger partial charge on any atom is -0.451 e. The lowest BCUT2D eigenvalue weighted by atomic mass is 10.1. The highest BCUT2D eigenvalue weighted by molar-refractivity contribution is 6.35. The molecule has 0 aliphatic carbocycles. The summed E-state index contributed by atoms with van der Waals surface area (Å²) in [4.78, 5) is 22.0. The molecule has 29 heavy (non-hydrogen) atoms. The first-order chi connectivity index (χ1) is 13.6. The second kappa shape index (κ2) is 7.76. The topological polar surface area (TPSA) is 85.4 Å². The van der Waals surface area contributed by atoms with Gasteiger partial charge in [0.25, 0.3) is 11.6 Å². The van der Waals surface area contributed by atoms with Gasteiger partial charge in [0.2, 0.25) is 0 Å². The molecule has 0 bridgehead atoms. The first kappa shape index (κ1) is 20.7. The fourth-order valence-corrected chi connectivity index (χ4v) is 2.87. The maximum absolute atomic E-state index is 13.1. The number of amides is 1. The van der Waals surface area contributed by atoms with Crippen molar-refractivity contribution in [3.05, 3.63) is 80.0 Å². The number of nitrogens with zero attached hydrogens (tertiary/aromatic N) is 1. The number of hydrogen-bond acceptors (Lipinski definition) is 4. The third-order valence-corrected chi connectivity index (χ3v) is 4.34. The van der Waals surface area contributed by atoms with Crippen LogP contribution in [0.1, 0.15) is 16.1 Å². The summed E-state index contributed by atoms with van der Waals surface area (Å²) in [6, 6.07) is 9.51. The van der Waals surface area contributed by atoms with E-state index in [1.807, 2.05) is 0 Å². The smallest absolute Gasteiger partial charge is 0.423 e. The average Bonchev–Trinajstić information content (AvgIpc) is 3.13. The number of nitro groups is 1. The number of halogens is 5. The predicted molar refractivity (Wildman–Crippen MR) is 100 cm³/mol. The average molecular weight is 445 g/mol. The molecule has 0 aliphatic rings. The van der Waals surface area contributed by atoms with E-state index in [2.05, 4.69) is 5.32 Å². The Labute approximate surface area is 171 Å². The lowest BCUT2D eigenvalue weighted by Gasteiger charge is -2.10. The van der Waals surface area contributed by atoms with E-state index in [9.17, 15) is 28.1 Å². The minimum atomic E-state index is -4.97. The molecule has 150 valence electrons. The summed E-state index contributed by atoms with van der Waals surface area (Å²) in [5.41, 5.74) is -2.46. The van der Waals surface area contributed by atoms with Crippen molar-refractivity contribution in [3.63, 3.8) is 0 Å². The van der Waals surface area contributed by atoms with Crippen molar-refractivity contribution in [1.82, 2.24) is 0 Å². The molecule has 0 saturated heterocycles. The Bertz CT molecular complexity index is 1110. The molecule has 11 heteroatoms. The molecule has 1 amide bonds. The van der Waals surface area contributed by atoms with Gasteiger partial charge in [0.15, 0.2) is 5.76 Å². The summed E-state index contributed by atoms with van der Waals surface area (Å²) in [7, 11) is 0. The molecule has 3 aromatic rings. The van der Waals surface area contributed by atoms with E-state index in [-0.39, 0.29) is 17.2 Å². The molecule has 0 aliphatic heterocycles. The number of benzene rings is 2. The number of rotatable bonds is 4. The number of carbonyl (C=O) groups is 1. The van der Waals surface area contributed by atoms with Crippen LogP contribution in [0.5, 0.6) is 0 Å². The van der Waals surface area contributed by atoms with E-state index >= 15 is 0 Å². The molecule has 3 rings (SSSR count). The Balaban J connectivity index is 1.87. The number of anilines is 1. The molecule has 1 N–H and O–H groups in total. The van der Waals surface area contributed by atoms with Gasteiger partial charge in [0.1, 0.15) is 11.3 Å². The molecule has 0 unspecified atom stereocenters. The van der Waals surface area contributed by atoms with Crippen molar-refractivity contribution >= 4 is 40.5 Å². The molecule has 6 nitrogen and oxygen atoms in total. The Morgan fingerprint density at radius 2 is 1.79 bits per heavy atom. The highest BCUT2D eigenvalue weighted by atomic mass is 35.5. The van der Waals surface area contributed by atoms with Crippen LogP contribution in [0.25, 0.3) is 11.3 Å². The van der Waals surface area contributed by atoms with Gasteiger partial charge >= 0.3 is 6.18 Å². The number of nitro benzene ring substituents is 1. The summed E-state index contributed by atoms with van der Waals surface area (Å²) in [6.45, 7) is 0. The summed E-state index contributed by atoms with van der Waals surface area (Å²) in [6.07, 6.45) is -4.97. The molecule has 0 atom stereocenters. The van der Waals surface area contributed by atoms with Gasteiger partial charge in [-0.25, -0.2) is 0 Å². The largest absolute Gasteiger partial charge is 0.451 e. The van der Waals surface area contributed by atoms with Gasteiger partial charge < -0.3 is 9.73 Å². The van der Waals surface area contributed by atoms with Crippen LogP contribution in [0.3, 0.4) is 0 Å². The van der Waals surface area contributed by atoms with Crippen molar-refractivity contribution in [2.24, 2.45) is 0 Å². The zero-order chi connectivity index (χ0) is 21.3. The third-order valence-electron chi connectivity index (χ3n) is 3.78. The van der Waals surface area contributed by atoms with E-state index in [0.717, 1.165) is 6.07 Å². The van der Waals surface area contributed by atoms with Crippen molar-refractivity contribution in [3.8, 4) is 11.3 Å². The van der Waals surface area contributed by atoms with Crippen LogP contribution >= 0.6 is 23.2 Å². The summed E-state index contributed by atoms with van der Waals surface area (Å²) in [5, 5.41) is 13.7. The second-order valence-electron chi connectivity index (χ2n) is 5.73. The van der Waals surface area contributed by atoms with Crippen molar-refractivity contribution in [1.29, 1.82) is 0 Å². The number of nitrogens with one attached hydrogen (secondary N) is 1. The first-order valence-electron chi connectivity index (χ1n) is 7.78. The number of hydrogen-bond donors (Lipinski definition) is 1. The first-order valence-corrected chi connectivity index (χ1v) is 8.54. The quantitative estimate of drug-likeness (QED) is 0.370. The minimum absolute atomic E-state index is 0.206. The molecule has 0 saturated carbocycles. The standard InChI is InChI=1S/C18H9Cl2F3N2O4/c19-9-1-3-13(20)11(7-9)15-5-6-16(29-15)17(26)24-10-2-4-14(25(27)28)12(8-10)18(21,22)23/h1-8H,(H,24,26). The van der Waals surface area contributed by atoms with E-state index in [4.69, 9.17) is 27.6 Å². The Morgan fingerprint density at radius 3 is 2.45 bits per heavy atom. The van der Waals surface area contributed by atoms with Crippen LogP contribution in [0, 0.1) is 10.1 Å². The van der Waals surface area contributed by atoms with E-state index < -0.39 is 28.3 Å². The number of carbonyl (C=O) groups excluding carboxylic acids is 1. The SMILES string of the molecule is O=C(Nc1ccc([N+](=O)[O-])c(C(F)(F)F)c1)c1ccc(-c2cc(Cl)ccc2Cl)o1. The van der Waals surface area contributed by atoms with Gasteiger partial charge in [-0.3, -0.25) is 14.9 Å². The van der Waals surface area contributed by atoms with Crippen LogP contribution in [-0.4, -0.2) is 10.8 Å². The highest BCUT2D eigenvalue weighted by Gasteiger charge is 2.38. The monoisotopic (exact) mass is 444 g/mol. The van der Waals surface area contributed by atoms with E-state index in [1.54, 1.807) is 6.07 Å². The maximum Gasteiger partial charge on any atom is 0.423 e. The molecule has 0 radical (unpaired) electrons. The zero-order valence-corrected chi connectivity index (χ0v) is 15.6. The maximum atomic E-state index is 13.1. The Morgan fingerprint density at radius 1 is 1.07 bits per heavy atom. The number of alkyl halides is 3. The fraction of sp³-hybridized carbons (Fsp3) is 0.0556. The molecule has 2 aromatic carbocycles. The molecule has 1 heterocycles. The van der Waals surface area contributed by atoms with Gasteiger partial charge in [-0.1, -0.05) is 23.2 Å². The lowest BCUT2D eigenvalue weighted by molar-refractivity contribution is -0.388. The van der Waals surface area contributed by atoms with Gasteiger partial charge in [0, 0.05) is 22.3 Å². The van der Waals surface area contributed by atoms with Gasteiger partial charge in [-0.2, -0.15) is 13.2 Å². The van der Waals surface area contributed by atoms with Crippen LogP contribution in [0.2, 0.25) is 10.0 Å². The number of furan rings is 1. The van der Waals surface area contributed by atoms with Crippen LogP contribution < -0.4 is 5.32 Å². The molecular formula is C18H9Cl2F3N2O4.